The van der Waals surface area contributed by atoms with Crippen LogP contribution in [0.1, 0.15) is 5.56 Å². The molecule has 0 saturated carbocycles. The summed E-state index contributed by atoms with van der Waals surface area (Å²) in [6.45, 7) is 0.519. The molecular formula is C10H9N3O3. The smallest absolute Gasteiger partial charge is 0.274 e. The van der Waals surface area contributed by atoms with Gasteiger partial charge in [0.15, 0.2) is 0 Å². The van der Waals surface area contributed by atoms with Gasteiger partial charge in [-0.15, -0.1) is 0 Å². The predicted molar refractivity (Wildman–Crippen MR) is 56.9 cm³/mol. The van der Waals surface area contributed by atoms with Crippen molar-refractivity contribution < 1.29 is 9.34 Å². The normalized spacial score (nSPS) is 10.0. The molecule has 6 heteroatoms. The highest BCUT2D eigenvalue weighted by atomic mass is 16.6. The lowest BCUT2D eigenvalue weighted by molar-refractivity contribution is -0.384. The second-order valence-electron chi connectivity index (χ2n) is 3.14. The van der Waals surface area contributed by atoms with Crippen LogP contribution in [0.15, 0.2) is 41.3 Å². The van der Waals surface area contributed by atoms with Crippen LogP contribution in [0, 0.1) is 10.1 Å². The van der Waals surface area contributed by atoms with E-state index in [0.29, 0.717) is 12.4 Å². The lowest BCUT2D eigenvalue weighted by Gasteiger charge is -2.02. The maximum Gasteiger partial charge on any atom is 0.274 e. The van der Waals surface area contributed by atoms with Crippen molar-refractivity contribution in [3.05, 3.63) is 52.6 Å². The van der Waals surface area contributed by atoms with Gasteiger partial charge in [-0.1, -0.05) is 0 Å². The van der Waals surface area contributed by atoms with Gasteiger partial charge in [0, 0.05) is 24.4 Å². The number of anilines is 1. The molecule has 0 bridgehead atoms. The number of hydrogen-bond acceptors (Lipinski definition) is 5. The fraction of sp³-hybridized carbons (Fsp3) is 0.100. The Balaban J connectivity index is 2.04. The van der Waals surface area contributed by atoms with Crippen LogP contribution in [0.25, 0.3) is 0 Å². The van der Waals surface area contributed by atoms with E-state index in [2.05, 4.69) is 10.3 Å². The average molecular weight is 219 g/mol. The molecule has 16 heavy (non-hydrogen) atoms. The molecule has 82 valence electrons. The molecule has 0 saturated heterocycles. The fourth-order valence-electron chi connectivity index (χ4n) is 1.22. The van der Waals surface area contributed by atoms with E-state index < -0.39 is 4.92 Å². The van der Waals surface area contributed by atoms with Crippen molar-refractivity contribution in [2.75, 3.05) is 5.32 Å². The zero-order valence-electron chi connectivity index (χ0n) is 8.29. The van der Waals surface area contributed by atoms with Crippen molar-refractivity contribution in [1.82, 2.24) is 4.98 Å². The number of nitrogens with zero attached hydrogens (tertiary/aromatic N) is 2. The highest BCUT2D eigenvalue weighted by Crippen LogP contribution is 2.14. The summed E-state index contributed by atoms with van der Waals surface area (Å²) in [6, 6.07) is 4.55. The first-order chi connectivity index (χ1) is 7.75. The van der Waals surface area contributed by atoms with Crippen LogP contribution in [0.5, 0.6) is 0 Å². The molecule has 1 N–H and O–H groups in total. The van der Waals surface area contributed by atoms with E-state index >= 15 is 0 Å². The van der Waals surface area contributed by atoms with E-state index in [4.69, 9.17) is 4.42 Å². The Hall–Kier alpha value is -2.37. The molecule has 0 atom stereocenters. The third-order valence-corrected chi connectivity index (χ3v) is 2.01. The number of hydrogen-bond donors (Lipinski definition) is 1. The van der Waals surface area contributed by atoms with Gasteiger partial charge >= 0.3 is 0 Å². The maximum atomic E-state index is 10.5. The van der Waals surface area contributed by atoms with Crippen LogP contribution in [0.4, 0.5) is 11.5 Å². The van der Waals surface area contributed by atoms with Crippen molar-refractivity contribution in [2.45, 2.75) is 6.54 Å². The summed E-state index contributed by atoms with van der Waals surface area (Å²) in [5, 5.41) is 13.5. The summed E-state index contributed by atoms with van der Waals surface area (Å²) in [5.74, 6) is 0.468. The molecule has 0 aliphatic heterocycles. The minimum absolute atomic E-state index is 0.0182. The van der Waals surface area contributed by atoms with Crippen molar-refractivity contribution in [1.29, 1.82) is 0 Å². The van der Waals surface area contributed by atoms with Crippen molar-refractivity contribution in [3.8, 4) is 0 Å². The van der Waals surface area contributed by atoms with Gasteiger partial charge in [0.05, 0.1) is 23.5 Å². The molecule has 2 rings (SSSR count). The van der Waals surface area contributed by atoms with Crippen molar-refractivity contribution in [2.24, 2.45) is 0 Å². The van der Waals surface area contributed by atoms with Crippen LogP contribution in [-0.4, -0.2) is 9.91 Å². The molecule has 2 aromatic heterocycles. The fourth-order valence-corrected chi connectivity index (χ4v) is 1.22. The molecule has 2 aromatic rings. The second-order valence-corrected chi connectivity index (χ2v) is 3.14. The molecule has 6 nitrogen and oxygen atoms in total. The van der Waals surface area contributed by atoms with Gasteiger partial charge in [-0.05, 0) is 6.07 Å². The first-order valence-corrected chi connectivity index (χ1v) is 4.61. The summed E-state index contributed by atoms with van der Waals surface area (Å²) in [4.78, 5) is 14.0. The lowest BCUT2D eigenvalue weighted by Crippen LogP contribution is -2.00. The number of furan rings is 1. The Kier molecular flexibility index (Phi) is 2.81. The molecule has 0 aliphatic rings. The molecular weight excluding hydrogens is 210 g/mol. The standard InChI is InChI=1S/C10H9N3O3/c14-13(15)9-1-3-11-10(5-9)12-6-8-2-4-16-7-8/h1-5,7H,6H2,(H,11,12). The second kappa shape index (κ2) is 4.43. The largest absolute Gasteiger partial charge is 0.472 e. The first-order valence-electron chi connectivity index (χ1n) is 4.61. The van der Waals surface area contributed by atoms with E-state index in [1.165, 1.54) is 18.3 Å². The highest BCUT2D eigenvalue weighted by Gasteiger charge is 2.06. The highest BCUT2D eigenvalue weighted by molar-refractivity contribution is 5.44. The molecule has 0 unspecified atom stereocenters. The number of rotatable bonds is 4. The zero-order valence-corrected chi connectivity index (χ0v) is 8.29. The van der Waals surface area contributed by atoms with Gasteiger partial charge in [-0.25, -0.2) is 4.98 Å². The number of nitrogens with one attached hydrogen (secondary N) is 1. The van der Waals surface area contributed by atoms with Crippen LogP contribution in [0.2, 0.25) is 0 Å². The third kappa shape index (κ3) is 2.35. The van der Waals surface area contributed by atoms with Gasteiger partial charge < -0.3 is 9.73 Å². The molecule has 0 amide bonds. The van der Waals surface area contributed by atoms with E-state index in [0.717, 1.165) is 5.56 Å². The van der Waals surface area contributed by atoms with E-state index in [-0.39, 0.29) is 5.69 Å². The summed E-state index contributed by atoms with van der Waals surface area (Å²) in [6.07, 6.45) is 4.57. The maximum absolute atomic E-state index is 10.5. The van der Waals surface area contributed by atoms with Gasteiger partial charge in [0.25, 0.3) is 5.69 Å². The van der Waals surface area contributed by atoms with Gasteiger partial charge in [0.1, 0.15) is 5.82 Å². The Bertz CT molecular complexity index is 482. The van der Waals surface area contributed by atoms with Crippen molar-refractivity contribution >= 4 is 11.5 Å². The Labute approximate surface area is 91.1 Å². The summed E-state index contributed by atoms with van der Waals surface area (Å²) in [5.41, 5.74) is 0.970. The Morgan fingerprint density at radius 2 is 2.38 bits per heavy atom. The Morgan fingerprint density at radius 3 is 3.06 bits per heavy atom. The molecule has 0 aromatic carbocycles. The summed E-state index contributed by atoms with van der Waals surface area (Å²) in [7, 11) is 0. The summed E-state index contributed by atoms with van der Waals surface area (Å²) < 4.78 is 4.90. The Morgan fingerprint density at radius 1 is 1.50 bits per heavy atom. The van der Waals surface area contributed by atoms with E-state index in [9.17, 15) is 10.1 Å². The molecule has 0 fully saturated rings. The van der Waals surface area contributed by atoms with Crippen LogP contribution >= 0.6 is 0 Å². The minimum Gasteiger partial charge on any atom is -0.472 e. The van der Waals surface area contributed by atoms with Crippen LogP contribution < -0.4 is 5.32 Å². The van der Waals surface area contributed by atoms with E-state index in [1.807, 2.05) is 6.07 Å². The van der Waals surface area contributed by atoms with Crippen LogP contribution in [-0.2, 0) is 6.54 Å². The number of nitro groups is 1. The van der Waals surface area contributed by atoms with Gasteiger partial charge in [-0.3, -0.25) is 10.1 Å². The third-order valence-electron chi connectivity index (χ3n) is 2.01. The predicted octanol–water partition coefficient (Wildman–Crippen LogP) is 2.19. The zero-order chi connectivity index (χ0) is 11.4. The van der Waals surface area contributed by atoms with Crippen LogP contribution in [0.3, 0.4) is 0 Å². The lowest BCUT2D eigenvalue weighted by atomic mass is 10.3. The SMILES string of the molecule is O=[N+]([O-])c1ccnc(NCc2ccoc2)c1. The van der Waals surface area contributed by atoms with Gasteiger partial charge in [0.2, 0.25) is 0 Å². The minimum atomic E-state index is -0.454. The molecule has 0 radical (unpaired) electrons. The topological polar surface area (TPSA) is 81.2 Å². The quantitative estimate of drug-likeness (QED) is 0.629. The average Bonchev–Trinajstić information content (AvgIpc) is 2.79. The number of pyridine rings is 1. The summed E-state index contributed by atoms with van der Waals surface area (Å²) >= 11 is 0. The van der Waals surface area contributed by atoms with E-state index in [1.54, 1.807) is 12.5 Å². The first kappa shape index (κ1) is 10.2. The molecule has 0 aliphatic carbocycles. The van der Waals surface area contributed by atoms with Gasteiger partial charge in [-0.2, -0.15) is 0 Å². The van der Waals surface area contributed by atoms with Crippen molar-refractivity contribution in [3.63, 3.8) is 0 Å². The number of aromatic nitrogens is 1. The monoisotopic (exact) mass is 219 g/mol. The molecule has 0 spiro atoms. The molecule has 2 heterocycles.